The van der Waals surface area contributed by atoms with Crippen molar-refractivity contribution >= 4 is 97.0 Å². The van der Waals surface area contributed by atoms with E-state index in [0.717, 1.165) is 42.4 Å². The van der Waals surface area contributed by atoms with Gasteiger partial charge in [0, 0.05) is 43.6 Å². The van der Waals surface area contributed by atoms with Crippen LogP contribution in [0.4, 0.5) is 0 Å². The fourth-order valence-electron chi connectivity index (χ4n) is 7.63. The van der Waals surface area contributed by atoms with Gasteiger partial charge in [0.05, 0.1) is 0 Å². The molecule has 0 fully saturated rings. The third kappa shape index (κ3) is 4.28. The van der Waals surface area contributed by atoms with E-state index in [-0.39, 0.29) is 0 Å². The first-order valence-electron chi connectivity index (χ1n) is 15.9. The summed E-state index contributed by atoms with van der Waals surface area (Å²) in [6, 6.07) is 50.7. The van der Waals surface area contributed by atoms with Gasteiger partial charge in [-0.2, -0.15) is 0 Å². The number of halogens is 2. The summed E-state index contributed by atoms with van der Waals surface area (Å²) < 4.78 is 1.59. The van der Waals surface area contributed by atoms with Crippen LogP contribution in [0, 0.1) is 0 Å². The van der Waals surface area contributed by atoms with Gasteiger partial charge in [-0.3, -0.25) is 0 Å². The van der Waals surface area contributed by atoms with Crippen molar-refractivity contribution in [3.63, 3.8) is 0 Å². The topological polar surface area (TPSA) is 44.5 Å². The highest BCUT2D eigenvalue weighted by Crippen LogP contribution is 2.46. The Kier molecular flexibility index (Phi) is 6.17. The van der Waals surface area contributed by atoms with Crippen LogP contribution in [0.2, 0.25) is 0 Å². The number of fused-ring (bicyclic) bond motifs is 8. The quantitative estimate of drug-likeness (QED) is 0.137. The molecule has 0 saturated carbocycles. The van der Waals surface area contributed by atoms with Gasteiger partial charge in [0.25, 0.3) is 0 Å². The molecule has 0 aliphatic rings. The SMILES string of the molecule is Brc1cc(-c2ccc3c(-c4ccc5c(c4)[nH]c4ccccc45)c4ccccc4c(-c4ccc5c(c4)[nH]c4ccccc45)c3c2)cc(Br)n1. The minimum Gasteiger partial charge on any atom is -0.354 e. The van der Waals surface area contributed by atoms with E-state index in [0.29, 0.717) is 0 Å². The summed E-state index contributed by atoms with van der Waals surface area (Å²) in [6.45, 7) is 0. The molecule has 0 aliphatic carbocycles. The first kappa shape index (κ1) is 27.8. The maximum atomic E-state index is 4.50. The molecular formula is C43H25Br2N3. The highest BCUT2D eigenvalue weighted by atomic mass is 79.9. The van der Waals surface area contributed by atoms with Crippen LogP contribution in [0.25, 0.3) is 98.5 Å². The second-order valence-electron chi connectivity index (χ2n) is 12.4. The maximum absolute atomic E-state index is 4.50. The Labute approximate surface area is 292 Å². The Balaban J connectivity index is 1.31. The van der Waals surface area contributed by atoms with Gasteiger partial charge < -0.3 is 9.97 Å². The number of aromatic nitrogens is 3. The molecule has 0 radical (unpaired) electrons. The van der Waals surface area contributed by atoms with Crippen LogP contribution in [0.3, 0.4) is 0 Å². The fourth-order valence-corrected chi connectivity index (χ4v) is 8.75. The van der Waals surface area contributed by atoms with Crippen molar-refractivity contribution < 1.29 is 0 Å². The van der Waals surface area contributed by atoms with Gasteiger partial charge in [-0.25, -0.2) is 4.98 Å². The van der Waals surface area contributed by atoms with Crippen molar-refractivity contribution in [2.24, 2.45) is 0 Å². The van der Waals surface area contributed by atoms with Gasteiger partial charge in [-0.1, -0.05) is 97.1 Å². The summed E-state index contributed by atoms with van der Waals surface area (Å²) in [6.07, 6.45) is 0. The van der Waals surface area contributed by atoms with Crippen LogP contribution in [-0.2, 0) is 0 Å². The molecule has 0 aliphatic heterocycles. The normalized spacial score (nSPS) is 12.0. The average molecular weight is 744 g/mol. The molecule has 48 heavy (non-hydrogen) atoms. The number of aromatic amines is 2. The van der Waals surface area contributed by atoms with Crippen molar-refractivity contribution in [3.05, 3.63) is 149 Å². The monoisotopic (exact) mass is 741 g/mol. The molecule has 0 saturated heterocycles. The number of H-pyrrole nitrogens is 2. The minimum atomic E-state index is 0.794. The van der Waals surface area contributed by atoms with E-state index in [1.54, 1.807) is 0 Å². The Morgan fingerprint density at radius 2 is 0.750 bits per heavy atom. The summed E-state index contributed by atoms with van der Waals surface area (Å²) in [7, 11) is 0. The molecule has 3 aromatic heterocycles. The summed E-state index contributed by atoms with van der Waals surface area (Å²) in [4.78, 5) is 11.8. The van der Waals surface area contributed by atoms with E-state index in [9.17, 15) is 0 Å². The van der Waals surface area contributed by atoms with Crippen LogP contribution >= 0.6 is 31.9 Å². The molecule has 10 rings (SSSR count). The van der Waals surface area contributed by atoms with Gasteiger partial charge in [0.2, 0.25) is 0 Å². The molecule has 10 aromatic rings. The second-order valence-corrected chi connectivity index (χ2v) is 14.0. The number of nitrogens with zero attached hydrogens (tertiary/aromatic N) is 1. The van der Waals surface area contributed by atoms with Gasteiger partial charge in [-0.15, -0.1) is 0 Å². The summed E-state index contributed by atoms with van der Waals surface area (Å²) in [5, 5.41) is 9.84. The van der Waals surface area contributed by atoms with E-state index < -0.39 is 0 Å². The highest BCUT2D eigenvalue weighted by molar-refractivity contribution is 9.11. The van der Waals surface area contributed by atoms with E-state index in [1.807, 2.05) is 0 Å². The van der Waals surface area contributed by atoms with Gasteiger partial charge >= 0.3 is 0 Å². The van der Waals surface area contributed by atoms with Crippen LogP contribution in [0.1, 0.15) is 0 Å². The van der Waals surface area contributed by atoms with Crippen LogP contribution < -0.4 is 0 Å². The Morgan fingerprint density at radius 1 is 0.333 bits per heavy atom. The molecule has 0 amide bonds. The zero-order valence-corrected chi connectivity index (χ0v) is 28.7. The van der Waals surface area contributed by atoms with Gasteiger partial charge in [-0.05, 0) is 129 Å². The third-order valence-corrected chi connectivity index (χ3v) is 10.5. The minimum absolute atomic E-state index is 0.794. The maximum Gasteiger partial charge on any atom is 0.108 e. The molecule has 0 spiro atoms. The number of hydrogen-bond donors (Lipinski definition) is 2. The number of para-hydroxylation sites is 2. The Hall–Kier alpha value is -5.23. The zero-order valence-electron chi connectivity index (χ0n) is 25.5. The van der Waals surface area contributed by atoms with Crippen molar-refractivity contribution in [1.29, 1.82) is 0 Å². The highest BCUT2D eigenvalue weighted by Gasteiger charge is 2.19. The van der Waals surface area contributed by atoms with E-state index in [1.165, 1.54) is 65.3 Å². The van der Waals surface area contributed by atoms with Gasteiger partial charge in [0.15, 0.2) is 0 Å². The smallest absolute Gasteiger partial charge is 0.108 e. The molecular weight excluding hydrogens is 718 g/mol. The number of pyridine rings is 1. The molecule has 7 aromatic carbocycles. The van der Waals surface area contributed by atoms with Crippen LogP contribution in [-0.4, -0.2) is 15.0 Å². The summed E-state index contributed by atoms with van der Waals surface area (Å²) in [5.74, 6) is 0. The van der Waals surface area contributed by atoms with Crippen molar-refractivity contribution in [3.8, 4) is 33.4 Å². The van der Waals surface area contributed by atoms with Crippen LogP contribution in [0.15, 0.2) is 149 Å². The Bertz CT molecular complexity index is 2910. The molecule has 0 bridgehead atoms. The third-order valence-electron chi connectivity index (χ3n) is 9.71. The van der Waals surface area contributed by atoms with Crippen molar-refractivity contribution in [1.82, 2.24) is 15.0 Å². The average Bonchev–Trinajstić information content (AvgIpc) is 3.67. The van der Waals surface area contributed by atoms with Crippen molar-refractivity contribution in [2.75, 3.05) is 0 Å². The summed E-state index contributed by atoms with van der Waals surface area (Å²) in [5.41, 5.74) is 11.6. The lowest BCUT2D eigenvalue weighted by Gasteiger charge is -2.19. The number of rotatable bonds is 3. The molecule has 0 atom stereocenters. The standard InChI is InChI=1S/C43H25Br2N3/c44-40-22-27(23-41(45)48-40)24-13-18-34-35(19-24)43(26-15-17-31-29-8-4-6-12-37(29)47-39(31)21-26)33-10-2-1-9-32(33)42(34)25-14-16-30-28-7-3-5-11-36(28)46-38(30)20-25/h1-23,46-47H. The van der Waals surface area contributed by atoms with Crippen molar-refractivity contribution in [2.45, 2.75) is 0 Å². The molecule has 2 N–H and O–H groups in total. The summed E-state index contributed by atoms with van der Waals surface area (Å²) >= 11 is 7.22. The van der Waals surface area contributed by atoms with Crippen LogP contribution in [0.5, 0.6) is 0 Å². The fraction of sp³-hybridized carbons (Fsp3) is 0. The second kappa shape index (κ2) is 10.6. The lowest BCUT2D eigenvalue weighted by atomic mass is 9.84. The lowest BCUT2D eigenvalue weighted by Crippen LogP contribution is -1.92. The Morgan fingerprint density at radius 3 is 1.31 bits per heavy atom. The molecule has 3 heterocycles. The van der Waals surface area contributed by atoms with E-state index in [2.05, 4.69) is 186 Å². The van der Waals surface area contributed by atoms with Gasteiger partial charge in [0.1, 0.15) is 9.21 Å². The molecule has 3 nitrogen and oxygen atoms in total. The largest absolute Gasteiger partial charge is 0.354 e. The lowest BCUT2D eigenvalue weighted by molar-refractivity contribution is 1.23. The number of benzene rings is 7. The first-order chi connectivity index (χ1) is 23.6. The number of hydrogen-bond acceptors (Lipinski definition) is 1. The first-order valence-corrected chi connectivity index (χ1v) is 17.5. The molecule has 226 valence electrons. The zero-order chi connectivity index (χ0) is 31.9. The van der Waals surface area contributed by atoms with E-state index >= 15 is 0 Å². The predicted octanol–water partition coefficient (Wildman–Crippen LogP) is 13.2. The molecule has 0 unspecified atom stereocenters. The van der Waals surface area contributed by atoms with E-state index in [4.69, 9.17) is 0 Å². The molecule has 5 heteroatoms. The predicted molar refractivity (Wildman–Crippen MR) is 210 cm³/mol. The number of nitrogens with one attached hydrogen (secondary N) is 2.